The van der Waals surface area contributed by atoms with Gasteiger partial charge >= 0.3 is 5.97 Å². The third-order valence-electron chi connectivity index (χ3n) is 8.22. The van der Waals surface area contributed by atoms with E-state index >= 15 is 13.2 Å². The minimum absolute atomic E-state index is 0.0144. The Kier molecular flexibility index (Phi) is 8.77. The van der Waals surface area contributed by atoms with Crippen molar-refractivity contribution in [3.8, 4) is 17.1 Å². The number of hydrogen-bond acceptors (Lipinski definition) is 6. The lowest BCUT2D eigenvalue weighted by atomic mass is 10.0. The molecule has 3 aromatic heterocycles. The van der Waals surface area contributed by atoms with Gasteiger partial charge in [-0.2, -0.15) is 0 Å². The van der Waals surface area contributed by atoms with E-state index in [9.17, 15) is 23.5 Å². The largest absolute Gasteiger partial charge is 0.478 e. The van der Waals surface area contributed by atoms with Gasteiger partial charge in [0.05, 0.1) is 28.5 Å². The van der Waals surface area contributed by atoms with E-state index in [1.165, 1.54) is 42.1 Å². The number of ether oxygens (including phenoxy) is 1. The predicted octanol–water partition coefficient (Wildman–Crippen LogP) is 6.68. The van der Waals surface area contributed by atoms with Crippen LogP contribution in [0.3, 0.4) is 0 Å². The van der Waals surface area contributed by atoms with E-state index in [4.69, 9.17) is 16.3 Å². The summed E-state index contributed by atoms with van der Waals surface area (Å²) in [6.07, 6.45) is 1.70. The molecule has 1 aliphatic carbocycles. The molecule has 9 nitrogen and oxygen atoms in total. The molecule has 0 unspecified atom stereocenters. The van der Waals surface area contributed by atoms with E-state index in [1.54, 1.807) is 0 Å². The van der Waals surface area contributed by atoms with E-state index in [-0.39, 0.29) is 57.9 Å². The molecule has 0 aliphatic heterocycles. The molecule has 1 aliphatic rings. The van der Waals surface area contributed by atoms with E-state index in [2.05, 4.69) is 20.3 Å². The number of alkyl halides is 1. The number of nitrogens with one attached hydrogen (secondary N) is 1. The van der Waals surface area contributed by atoms with Crippen molar-refractivity contribution in [2.45, 2.75) is 32.4 Å². The van der Waals surface area contributed by atoms with Gasteiger partial charge in [-0.15, -0.1) is 0 Å². The van der Waals surface area contributed by atoms with Gasteiger partial charge in [0.15, 0.2) is 17.5 Å². The number of carbonyl (C=O) groups excluding carboxylic acids is 1. The van der Waals surface area contributed by atoms with E-state index < -0.39 is 64.8 Å². The standard InChI is InChI=1S/C33H25ClF5N5O4/c1-40-31(45)24-11-20(34)17(12-41-24)13-48-27-4-2-3-23(42-27)19-9-21(36)18(28(38)29(19)39)10-26-43-30-22(37)7-16(32(46)47)8-25(30)44(26)15-33(14-35)5-6-33/h2-4,7-9,11-12H,5-6,10,13-15H2,1H3,(H,40,45)(H,46,47). The minimum Gasteiger partial charge on any atom is -0.478 e. The van der Waals surface area contributed by atoms with Crippen LogP contribution in [-0.4, -0.2) is 50.2 Å². The Hall–Kier alpha value is -5.11. The number of benzene rings is 2. The van der Waals surface area contributed by atoms with Crippen molar-refractivity contribution in [2.75, 3.05) is 13.7 Å². The number of pyridine rings is 2. The van der Waals surface area contributed by atoms with Crippen LogP contribution in [0.4, 0.5) is 22.0 Å². The number of rotatable bonds is 11. The Morgan fingerprint density at radius 2 is 1.83 bits per heavy atom. The quantitative estimate of drug-likeness (QED) is 0.118. The van der Waals surface area contributed by atoms with Crippen molar-refractivity contribution >= 4 is 34.5 Å². The summed E-state index contributed by atoms with van der Waals surface area (Å²) in [7, 11) is 1.44. The first-order valence-electron chi connectivity index (χ1n) is 14.5. The molecular formula is C33H25ClF5N5O4. The lowest BCUT2D eigenvalue weighted by Crippen LogP contribution is -2.19. The number of carboxylic acid groups (broad SMARTS) is 1. The summed E-state index contributed by atoms with van der Waals surface area (Å²) in [5.74, 6) is -7.05. The highest BCUT2D eigenvalue weighted by Gasteiger charge is 2.44. The van der Waals surface area contributed by atoms with Crippen LogP contribution in [0.15, 0.2) is 48.7 Å². The summed E-state index contributed by atoms with van der Waals surface area (Å²) < 4.78 is 82.5. The topological polar surface area (TPSA) is 119 Å². The fourth-order valence-electron chi connectivity index (χ4n) is 5.26. The van der Waals surface area contributed by atoms with E-state index in [0.29, 0.717) is 18.4 Å². The van der Waals surface area contributed by atoms with Gasteiger partial charge in [0.25, 0.3) is 5.91 Å². The maximum Gasteiger partial charge on any atom is 0.335 e. The first-order chi connectivity index (χ1) is 22.9. The average Bonchev–Trinajstić information content (AvgIpc) is 3.78. The summed E-state index contributed by atoms with van der Waals surface area (Å²) in [5.41, 5.74) is -2.31. The molecule has 248 valence electrons. The molecule has 2 N–H and O–H groups in total. The van der Waals surface area contributed by atoms with Crippen LogP contribution in [0.1, 0.15) is 50.6 Å². The number of aromatic carboxylic acids is 1. The van der Waals surface area contributed by atoms with Crippen LogP contribution in [0.5, 0.6) is 5.88 Å². The van der Waals surface area contributed by atoms with Crippen molar-refractivity contribution in [3.05, 3.63) is 105 Å². The molecule has 0 saturated heterocycles. The van der Waals surface area contributed by atoms with Crippen molar-refractivity contribution in [1.29, 1.82) is 0 Å². The number of hydrogen-bond donors (Lipinski definition) is 2. The monoisotopic (exact) mass is 685 g/mol. The fraction of sp³-hybridized carbons (Fsp3) is 0.242. The molecule has 3 heterocycles. The second-order valence-electron chi connectivity index (χ2n) is 11.5. The van der Waals surface area contributed by atoms with Gasteiger partial charge in [-0.25, -0.2) is 32.3 Å². The summed E-state index contributed by atoms with van der Waals surface area (Å²) in [6.45, 7) is -0.902. The van der Waals surface area contributed by atoms with Gasteiger partial charge in [0.1, 0.15) is 29.5 Å². The molecule has 15 heteroatoms. The van der Waals surface area contributed by atoms with Gasteiger partial charge in [0, 0.05) is 54.4 Å². The van der Waals surface area contributed by atoms with Crippen LogP contribution in [0, 0.1) is 28.7 Å². The Labute approximate surface area is 274 Å². The Morgan fingerprint density at radius 1 is 1.06 bits per heavy atom. The highest BCUT2D eigenvalue weighted by Crippen LogP contribution is 2.48. The zero-order valence-electron chi connectivity index (χ0n) is 25.1. The highest BCUT2D eigenvalue weighted by molar-refractivity contribution is 6.31. The third kappa shape index (κ3) is 6.27. The molecule has 0 radical (unpaired) electrons. The van der Waals surface area contributed by atoms with Crippen LogP contribution in [0.25, 0.3) is 22.3 Å². The number of fused-ring (bicyclic) bond motifs is 1. The summed E-state index contributed by atoms with van der Waals surface area (Å²) >= 11 is 6.24. The van der Waals surface area contributed by atoms with Crippen LogP contribution < -0.4 is 10.1 Å². The second-order valence-corrected chi connectivity index (χ2v) is 11.9. The maximum absolute atomic E-state index is 15.6. The van der Waals surface area contributed by atoms with Crippen molar-refractivity contribution in [1.82, 2.24) is 24.8 Å². The molecule has 0 atom stereocenters. The van der Waals surface area contributed by atoms with Gasteiger partial charge < -0.3 is 19.7 Å². The number of aromatic nitrogens is 4. The maximum atomic E-state index is 15.6. The fourth-order valence-corrected chi connectivity index (χ4v) is 5.47. The third-order valence-corrected chi connectivity index (χ3v) is 8.57. The molecule has 6 rings (SSSR count). The Balaban J connectivity index is 1.30. The normalized spacial score (nSPS) is 13.5. The number of amides is 1. The molecule has 1 fully saturated rings. The van der Waals surface area contributed by atoms with Gasteiger partial charge in [-0.05, 0) is 43.2 Å². The van der Waals surface area contributed by atoms with Gasteiger partial charge in [0.2, 0.25) is 5.88 Å². The minimum atomic E-state index is -1.54. The summed E-state index contributed by atoms with van der Waals surface area (Å²) in [4.78, 5) is 35.7. The van der Waals surface area contributed by atoms with Gasteiger partial charge in [-0.3, -0.25) is 14.2 Å². The van der Waals surface area contributed by atoms with Crippen molar-refractivity contribution in [2.24, 2.45) is 5.41 Å². The highest BCUT2D eigenvalue weighted by atomic mass is 35.5. The molecule has 48 heavy (non-hydrogen) atoms. The summed E-state index contributed by atoms with van der Waals surface area (Å²) in [6, 6.07) is 8.25. The lowest BCUT2D eigenvalue weighted by molar-refractivity contribution is 0.0696. The zero-order chi connectivity index (χ0) is 34.3. The van der Waals surface area contributed by atoms with E-state index in [0.717, 1.165) is 18.2 Å². The van der Waals surface area contributed by atoms with Crippen molar-refractivity contribution < 1.29 is 41.4 Å². The van der Waals surface area contributed by atoms with Crippen LogP contribution in [-0.2, 0) is 19.6 Å². The number of imidazole rings is 1. The van der Waals surface area contributed by atoms with Crippen molar-refractivity contribution in [3.63, 3.8) is 0 Å². The molecule has 0 spiro atoms. The number of halogens is 6. The summed E-state index contributed by atoms with van der Waals surface area (Å²) in [5, 5.41) is 12.1. The molecule has 2 aromatic carbocycles. The number of carbonyl (C=O) groups is 2. The Morgan fingerprint density at radius 3 is 2.50 bits per heavy atom. The van der Waals surface area contributed by atoms with Crippen LogP contribution in [0.2, 0.25) is 5.02 Å². The zero-order valence-corrected chi connectivity index (χ0v) is 25.8. The first-order valence-corrected chi connectivity index (χ1v) is 14.9. The smallest absolute Gasteiger partial charge is 0.335 e. The predicted molar refractivity (Wildman–Crippen MR) is 164 cm³/mol. The number of nitrogens with zero attached hydrogens (tertiary/aromatic N) is 4. The Bertz CT molecular complexity index is 2100. The molecule has 1 amide bonds. The lowest BCUT2D eigenvalue weighted by Gasteiger charge is -2.16. The SMILES string of the molecule is CNC(=O)c1cc(Cl)c(COc2cccc(-c3cc(F)c(Cc4nc5c(F)cc(C(=O)O)cc5n4CC4(CF)CC4)c(F)c3F)n2)cn1. The van der Waals surface area contributed by atoms with Crippen LogP contribution >= 0.6 is 11.6 Å². The first kappa shape index (κ1) is 32.8. The molecule has 1 saturated carbocycles. The average molecular weight is 686 g/mol. The van der Waals surface area contributed by atoms with Gasteiger partial charge in [-0.1, -0.05) is 17.7 Å². The number of carboxylic acids is 1. The van der Waals surface area contributed by atoms with E-state index in [1.807, 2.05) is 0 Å². The molecule has 0 bridgehead atoms. The molecule has 5 aromatic rings. The second kappa shape index (κ2) is 12.8. The molecular weight excluding hydrogens is 661 g/mol.